The zero-order valence-electron chi connectivity index (χ0n) is 9.08. The number of halogens is 3. The molecule has 0 spiro atoms. The highest BCUT2D eigenvalue weighted by molar-refractivity contribution is 7.98. The monoisotopic (exact) mass is 316 g/mol. The first-order chi connectivity index (χ1) is 8.66. The van der Waals surface area contributed by atoms with Gasteiger partial charge in [0.25, 0.3) is 0 Å². The zero-order chi connectivity index (χ0) is 12.7. The molecule has 0 unspecified atom stereocenters. The van der Waals surface area contributed by atoms with Crippen molar-refractivity contribution in [2.75, 3.05) is 0 Å². The molecule has 0 saturated carbocycles. The minimum atomic E-state index is 0.459. The Morgan fingerprint density at radius 3 is 2.72 bits per heavy atom. The topological polar surface area (TPSA) is 25.8 Å². The first kappa shape index (κ1) is 12.5. The first-order valence-corrected chi connectivity index (χ1v) is 7.53. The van der Waals surface area contributed by atoms with Crippen molar-refractivity contribution in [1.29, 1.82) is 0 Å². The van der Waals surface area contributed by atoms with Crippen LogP contribution >= 0.6 is 46.6 Å². The third-order valence-electron chi connectivity index (χ3n) is 2.72. The average Bonchev–Trinajstić information content (AvgIpc) is 2.81. The van der Waals surface area contributed by atoms with Gasteiger partial charge in [-0.2, -0.15) is 11.8 Å². The van der Waals surface area contributed by atoms with Gasteiger partial charge in [0.2, 0.25) is 0 Å². The van der Waals surface area contributed by atoms with Gasteiger partial charge in [-0.25, -0.2) is 9.97 Å². The summed E-state index contributed by atoms with van der Waals surface area (Å²) in [5.41, 5.74) is 2.74. The second kappa shape index (κ2) is 4.89. The van der Waals surface area contributed by atoms with E-state index in [-0.39, 0.29) is 0 Å². The average molecular weight is 318 g/mol. The maximum absolute atomic E-state index is 6.18. The van der Waals surface area contributed by atoms with Gasteiger partial charge in [-0.1, -0.05) is 40.9 Å². The highest BCUT2D eigenvalue weighted by atomic mass is 35.5. The molecule has 1 aliphatic heterocycles. The van der Waals surface area contributed by atoms with E-state index in [1.165, 1.54) is 0 Å². The fraction of sp³-hybridized carbons (Fsp3) is 0.167. The van der Waals surface area contributed by atoms with Gasteiger partial charge in [0, 0.05) is 22.6 Å². The van der Waals surface area contributed by atoms with Crippen LogP contribution in [0, 0.1) is 0 Å². The van der Waals surface area contributed by atoms with Gasteiger partial charge < -0.3 is 0 Å². The summed E-state index contributed by atoms with van der Waals surface area (Å²) in [4.78, 5) is 8.84. The highest BCUT2D eigenvalue weighted by Crippen LogP contribution is 2.36. The van der Waals surface area contributed by atoms with Crippen LogP contribution in [0.3, 0.4) is 0 Å². The van der Waals surface area contributed by atoms with Gasteiger partial charge in [-0.3, -0.25) is 0 Å². The highest BCUT2D eigenvalue weighted by Gasteiger charge is 2.20. The lowest BCUT2D eigenvalue weighted by Crippen LogP contribution is -1.97. The van der Waals surface area contributed by atoms with Crippen molar-refractivity contribution >= 4 is 46.6 Å². The van der Waals surface area contributed by atoms with Crippen LogP contribution in [-0.4, -0.2) is 9.97 Å². The fourth-order valence-corrected chi connectivity index (χ4v) is 3.57. The summed E-state index contributed by atoms with van der Waals surface area (Å²) in [7, 11) is 0. The molecule has 0 N–H and O–H groups in total. The number of rotatable bonds is 1. The van der Waals surface area contributed by atoms with Crippen LogP contribution in [-0.2, 0) is 11.5 Å². The van der Waals surface area contributed by atoms with E-state index in [1.807, 2.05) is 12.1 Å². The lowest BCUT2D eigenvalue weighted by atomic mass is 10.2. The van der Waals surface area contributed by atoms with E-state index in [4.69, 9.17) is 34.8 Å². The summed E-state index contributed by atoms with van der Waals surface area (Å²) < 4.78 is 0. The Morgan fingerprint density at radius 2 is 1.89 bits per heavy atom. The van der Waals surface area contributed by atoms with Crippen LogP contribution in [0.1, 0.15) is 11.3 Å². The maximum atomic E-state index is 6.18. The predicted molar refractivity (Wildman–Crippen MR) is 77.5 cm³/mol. The Morgan fingerprint density at radius 1 is 1.06 bits per heavy atom. The lowest BCUT2D eigenvalue weighted by molar-refractivity contribution is 1.07. The minimum Gasteiger partial charge on any atom is -0.232 e. The smallest absolute Gasteiger partial charge is 0.162 e. The molecule has 0 fully saturated rings. The second-order valence-corrected chi connectivity index (χ2v) is 5.99. The SMILES string of the molecule is Clc1cccc(-c2nc(Cl)c3c(n2)CSC3)c1Cl. The molecule has 1 aliphatic rings. The third kappa shape index (κ3) is 2.10. The van der Waals surface area contributed by atoms with E-state index in [2.05, 4.69) is 9.97 Å². The Bertz CT molecular complexity index is 631. The standard InChI is InChI=1S/C12H7Cl3N2S/c13-8-3-1-2-6(10(8)14)12-16-9-5-18-4-7(9)11(15)17-12/h1-3H,4-5H2. The van der Waals surface area contributed by atoms with Crippen LogP contribution in [0.2, 0.25) is 15.2 Å². The molecular formula is C12H7Cl3N2S. The van der Waals surface area contributed by atoms with Crippen LogP contribution in [0.15, 0.2) is 18.2 Å². The van der Waals surface area contributed by atoms with Crippen LogP contribution in [0.5, 0.6) is 0 Å². The quantitative estimate of drug-likeness (QED) is 0.703. The third-order valence-corrected chi connectivity index (χ3v) is 4.82. The molecule has 2 heterocycles. The minimum absolute atomic E-state index is 0.459. The molecule has 92 valence electrons. The van der Waals surface area contributed by atoms with Gasteiger partial charge >= 0.3 is 0 Å². The van der Waals surface area contributed by atoms with E-state index >= 15 is 0 Å². The Kier molecular flexibility index (Phi) is 3.41. The normalized spacial score (nSPS) is 13.7. The molecule has 1 aromatic carbocycles. The Hall–Kier alpha value is -0.480. The van der Waals surface area contributed by atoms with Crippen molar-refractivity contribution in [1.82, 2.24) is 9.97 Å². The summed E-state index contributed by atoms with van der Waals surface area (Å²) in [6.07, 6.45) is 0. The lowest BCUT2D eigenvalue weighted by Gasteiger charge is -2.07. The van der Waals surface area contributed by atoms with E-state index in [9.17, 15) is 0 Å². The van der Waals surface area contributed by atoms with Crippen LogP contribution in [0.25, 0.3) is 11.4 Å². The first-order valence-electron chi connectivity index (χ1n) is 5.24. The van der Waals surface area contributed by atoms with Crippen molar-refractivity contribution < 1.29 is 0 Å². The van der Waals surface area contributed by atoms with E-state index < -0.39 is 0 Å². The van der Waals surface area contributed by atoms with Gasteiger partial charge in [-0.15, -0.1) is 0 Å². The molecule has 0 amide bonds. The molecule has 2 nitrogen and oxygen atoms in total. The van der Waals surface area contributed by atoms with E-state index in [0.717, 1.165) is 22.8 Å². The van der Waals surface area contributed by atoms with Gasteiger partial charge in [-0.05, 0) is 12.1 Å². The number of nitrogens with zero attached hydrogens (tertiary/aromatic N) is 2. The summed E-state index contributed by atoms with van der Waals surface area (Å²) in [6.45, 7) is 0. The molecule has 0 bridgehead atoms. The molecule has 0 radical (unpaired) electrons. The molecule has 0 aliphatic carbocycles. The Labute approximate surface area is 124 Å². The van der Waals surface area contributed by atoms with Crippen LogP contribution in [0.4, 0.5) is 0 Å². The number of hydrogen-bond donors (Lipinski definition) is 0. The molecule has 2 aromatic rings. The number of aromatic nitrogens is 2. The summed E-state index contributed by atoms with van der Waals surface area (Å²) in [5.74, 6) is 2.27. The van der Waals surface area contributed by atoms with Gasteiger partial charge in [0.15, 0.2) is 5.82 Å². The molecule has 18 heavy (non-hydrogen) atoms. The summed E-state index contributed by atoms with van der Waals surface area (Å²) in [5, 5.41) is 1.46. The molecule has 0 saturated heterocycles. The summed E-state index contributed by atoms with van der Waals surface area (Å²) >= 11 is 20.1. The van der Waals surface area contributed by atoms with Crippen molar-refractivity contribution in [3.8, 4) is 11.4 Å². The predicted octanol–water partition coefficient (Wildman–Crippen LogP) is 4.85. The van der Waals surface area contributed by atoms with Crippen molar-refractivity contribution in [2.24, 2.45) is 0 Å². The molecule has 0 atom stereocenters. The molecule has 1 aromatic heterocycles. The van der Waals surface area contributed by atoms with E-state index in [1.54, 1.807) is 17.8 Å². The van der Waals surface area contributed by atoms with Gasteiger partial charge in [0.05, 0.1) is 15.7 Å². The van der Waals surface area contributed by atoms with Gasteiger partial charge in [0.1, 0.15) is 5.15 Å². The molecule has 3 rings (SSSR count). The molecular weight excluding hydrogens is 311 g/mol. The number of thioether (sulfide) groups is 1. The van der Waals surface area contributed by atoms with Crippen molar-refractivity contribution in [3.63, 3.8) is 0 Å². The molecule has 6 heteroatoms. The fourth-order valence-electron chi connectivity index (χ4n) is 1.81. The zero-order valence-corrected chi connectivity index (χ0v) is 12.2. The number of fused-ring (bicyclic) bond motifs is 1. The summed E-state index contributed by atoms with van der Waals surface area (Å²) in [6, 6.07) is 5.40. The van der Waals surface area contributed by atoms with Crippen LogP contribution < -0.4 is 0 Å². The Balaban J connectivity index is 2.18. The number of hydrogen-bond acceptors (Lipinski definition) is 3. The maximum Gasteiger partial charge on any atom is 0.162 e. The van der Waals surface area contributed by atoms with E-state index in [0.29, 0.717) is 26.6 Å². The van der Waals surface area contributed by atoms with Crippen molar-refractivity contribution in [2.45, 2.75) is 11.5 Å². The second-order valence-electron chi connectivity index (χ2n) is 3.86. The number of benzene rings is 1. The largest absolute Gasteiger partial charge is 0.232 e. The van der Waals surface area contributed by atoms with Crippen molar-refractivity contribution in [3.05, 3.63) is 44.7 Å².